The van der Waals surface area contributed by atoms with Crippen LogP contribution in [0.25, 0.3) is 0 Å². The molecule has 0 bridgehead atoms. The molecule has 2 N–H and O–H groups in total. The van der Waals surface area contributed by atoms with Gasteiger partial charge in [0.2, 0.25) is 0 Å². The molecule has 8 heteroatoms. The standard InChI is InChI=1S/C22H42N4O4/c1-22(2,3)30-21(27)26-13-5-8-18(16-26)10-12-25-20(23-4)24-11-7-14-28-17-19-9-6-15-29-19/h18-19H,5-17H2,1-4H3,(H2,23,24,25). The number of hydrogen-bond acceptors (Lipinski definition) is 5. The highest BCUT2D eigenvalue weighted by Crippen LogP contribution is 2.21. The molecule has 0 aromatic rings. The number of carbonyl (C=O) groups excluding carboxylic acids is 1. The van der Waals surface area contributed by atoms with E-state index in [0.717, 1.165) is 83.9 Å². The summed E-state index contributed by atoms with van der Waals surface area (Å²) in [4.78, 5) is 18.4. The summed E-state index contributed by atoms with van der Waals surface area (Å²) in [5.74, 6) is 1.30. The minimum absolute atomic E-state index is 0.195. The van der Waals surface area contributed by atoms with Crippen molar-refractivity contribution in [2.75, 3.05) is 53.0 Å². The van der Waals surface area contributed by atoms with E-state index in [-0.39, 0.29) is 6.09 Å². The smallest absolute Gasteiger partial charge is 0.410 e. The second-order valence-corrected chi connectivity index (χ2v) is 9.21. The molecule has 1 amide bonds. The summed E-state index contributed by atoms with van der Waals surface area (Å²) in [5.41, 5.74) is -0.445. The van der Waals surface area contributed by atoms with Gasteiger partial charge in [-0.05, 0) is 65.2 Å². The van der Waals surface area contributed by atoms with Gasteiger partial charge in [-0.15, -0.1) is 0 Å². The van der Waals surface area contributed by atoms with E-state index in [0.29, 0.717) is 18.6 Å². The number of carbonyl (C=O) groups is 1. The Morgan fingerprint density at radius 2 is 2.00 bits per heavy atom. The molecule has 2 unspecified atom stereocenters. The zero-order chi connectivity index (χ0) is 21.8. The van der Waals surface area contributed by atoms with Crippen molar-refractivity contribution < 1.29 is 19.0 Å². The van der Waals surface area contributed by atoms with Gasteiger partial charge < -0.3 is 29.7 Å². The lowest BCUT2D eigenvalue weighted by Gasteiger charge is -2.34. The first-order valence-electron chi connectivity index (χ1n) is 11.5. The van der Waals surface area contributed by atoms with E-state index < -0.39 is 5.60 Å². The van der Waals surface area contributed by atoms with Gasteiger partial charge in [-0.3, -0.25) is 4.99 Å². The maximum Gasteiger partial charge on any atom is 0.410 e. The lowest BCUT2D eigenvalue weighted by molar-refractivity contribution is 0.0162. The Morgan fingerprint density at radius 3 is 2.70 bits per heavy atom. The largest absolute Gasteiger partial charge is 0.444 e. The quantitative estimate of drug-likeness (QED) is 0.335. The maximum atomic E-state index is 12.3. The first-order valence-corrected chi connectivity index (χ1v) is 11.5. The third-order valence-corrected chi connectivity index (χ3v) is 5.32. The van der Waals surface area contributed by atoms with E-state index in [2.05, 4.69) is 15.6 Å². The van der Waals surface area contributed by atoms with Gasteiger partial charge in [0.1, 0.15) is 5.60 Å². The molecule has 0 saturated carbocycles. The Labute approximate surface area is 182 Å². The monoisotopic (exact) mass is 426 g/mol. The minimum atomic E-state index is -0.445. The van der Waals surface area contributed by atoms with Crippen LogP contribution in [0.5, 0.6) is 0 Å². The predicted octanol–water partition coefficient (Wildman–Crippen LogP) is 2.77. The van der Waals surface area contributed by atoms with Crippen molar-refractivity contribution in [1.29, 1.82) is 0 Å². The number of nitrogens with zero attached hydrogens (tertiary/aromatic N) is 2. The van der Waals surface area contributed by atoms with Crippen molar-refractivity contribution in [3.05, 3.63) is 0 Å². The molecule has 2 atom stereocenters. The molecule has 2 saturated heterocycles. The second-order valence-electron chi connectivity index (χ2n) is 9.21. The van der Waals surface area contributed by atoms with Crippen LogP contribution >= 0.6 is 0 Å². The van der Waals surface area contributed by atoms with Gasteiger partial charge in [-0.25, -0.2) is 4.79 Å². The fraction of sp³-hybridized carbons (Fsp3) is 0.909. The number of rotatable bonds is 9. The van der Waals surface area contributed by atoms with Gasteiger partial charge >= 0.3 is 6.09 Å². The molecule has 0 spiro atoms. The van der Waals surface area contributed by atoms with Gasteiger partial charge in [0, 0.05) is 46.4 Å². The number of guanidine groups is 1. The number of hydrogen-bond donors (Lipinski definition) is 2. The van der Waals surface area contributed by atoms with E-state index in [1.165, 1.54) is 0 Å². The van der Waals surface area contributed by atoms with Gasteiger partial charge in [-0.2, -0.15) is 0 Å². The minimum Gasteiger partial charge on any atom is -0.444 e. The Hall–Kier alpha value is -1.54. The van der Waals surface area contributed by atoms with Crippen LogP contribution in [-0.2, 0) is 14.2 Å². The Kier molecular flexibility index (Phi) is 10.7. The van der Waals surface area contributed by atoms with Crippen LogP contribution in [0.4, 0.5) is 4.79 Å². The molecule has 2 aliphatic rings. The van der Waals surface area contributed by atoms with Crippen LogP contribution < -0.4 is 10.6 Å². The SMILES string of the molecule is CN=C(NCCCOCC1CCCO1)NCCC1CCCN(C(=O)OC(C)(C)C)C1. The molecular formula is C22H42N4O4. The van der Waals surface area contributed by atoms with Crippen molar-refractivity contribution >= 4 is 12.1 Å². The van der Waals surface area contributed by atoms with Crippen LogP contribution in [-0.4, -0.2) is 81.7 Å². The van der Waals surface area contributed by atoms with E-state index in [4.69, 9.17) is 14.2 Å². The molecule has 2 heterocycles. The summed E-state index contributed by atoms with van der Waals surface area (Å²) in [6, 6.07) is 0. The molecule has 174 valence electrons. The molecule has 8 nitrogen and oxygen atoms in total. The molecule has 0 aromatic carbocycles. The summed E-state index contributed by atoms with van der Waals surface area (Å²) in [6.45, 7) is 11.2. The van der Waals surface area contributed by atoms with E-state index in [9.17, 15) is 4.79 Å². The highest BCUT2D eigenvalue weighted by molar-refractivity contribution is 5.79. The summed E-state index contributed by atoms with van der Waals surface area (Å²) < 4.78 is 16.7. The van der Waals surface area contributed by atoms with Gasteiger partial charge in [-0.1, -0.05) is 0 Å². The van der Waals surface area contributed by atoms with Crippen molar-refractivity contribution in [3.63, 3.8) is 0 Å². The fourth-order valence-corrected chi connectivity index (χ4v) is 3.78. The topological polar surface area (TPSA) is 84.4 Å². The number of nitrogens with one attached hydrogen (secondary N) is 2. The highest BCUT2D eigenvalue weighted by atomic mass is 16.6. The molecule has 2 aliphatic heterocycles. The third-order valence-electron chi connectivity index (χ3n) is 5.32. The highest BCUT2D eigenvalue weighted by Gasteiger charge is 2.27. The van der Waals surface area contributed by atoms with Crippen molar-refractivity contribution in [1.82, 2.24) is 15.5 Å². The lowest BCUT2D eigenvalue weighted by atomic mass is 9.95. The van der Waals surface area contributed by atoms with Crippen LogP contribution in [0.3, 0.4) is 0 Å². The number of piperidine rings is 1. The zero-order valence-electron chi connectivity index (χ0n) is 19.4. The molecule has 2 rings (SSSR count). The third kappa shape index (κ3) is 9.98. The average Bonchev–Trinajstić information content (AvgIpc) is 3.21. The van der Waals surface area contributed by atoms with Crippen LogP contribution in [0.1, 0.15) is 59.3 Å². The van der Waals surface area contributed by atoms with Crippen LogP contribution in [0.15, 0.2) is 4.99 Å². The normalized spacial score (nSPS) is 22.8. The first-order chi connectivity index (χ1) is 14.4. The van der Waals surface area contributed by atoms with Crippen LogP contribution in [0.2, 0.25) is 0 Å². The van der Waals surface area contributed by atoms with Gasteiger partial charge in [0.05, 0.1) is 12.7 Å². The van der Waals surface area contributed by atoms with Crippen molar-refractivity contribution in [2.45, 2.75) is 71.0 Å². The van der Waals surface area contributed by atoms with E-state index in [1.807, 2.05) is 25.7 Å². The summed E-state index contributed by atoms with van der Waals surface area (Å²) in [7, 11) is 1.79. The molecule has 2 fully saturated rings. The number of aliphatic imine (C=N–C) groups is 1. The second kappa shape index (κ2) is 13.0. The van der Waals surface area contributed by atoms with Gasteiger partial charge in [0.25, 0.3) is 0 Å². The zero-order valence-corrected chi connectivity index (χ0v) is 19.4. The van der Waals surface area contributed by atoms with E-state index >= 15 is 0 Å². The summed E-state index contributed by atoms with van der Waals surface area (Å²) in [6.07, 6.45) is 6.48. The Morgan fingerprint density at radius 1 is 1.20 bits per heavy atom. The molecular weight excluding hydrogens is 384 g/mol. The van der Waals surface area contributed by atoms with Crippen molar-refractivity contribution in [3.8, 4) is 0 Å². The summed E-state index contributed by atoms with van der Waals surface area (Å²) >= 11 is 0. The van der Waals surface area contributed by atoms with Gasteiger partial charge in [0.15, 0.2) is 5.96 Å². The average molecular weight is 427 g/mol. The predicted molar refractivity (Wildman–Crippen MR) is 119 cm³/mol. The number of likely N-dealkylation sites (tertiary alicyclic amines) is 1. The number of ether oxygens (including phenoxy) is 3. The molecule has 30 heavy (non-hydrogen) atoms. The molecule has 0 aliphatic carbocycles. The molecule has 0 radical (unpaired) electrons. The lowest BCUT2D eigenvalue weighted by Crippen LogP contribution is -2.44. The fourth-order valence-electron chi connectivity index (χ4n) is 3.78. The summed E-state index contributed by atoms with van der Waals surface area (Å²) in [5, 5.41) is 6.71. The van der Waals surface area contributed by atoms with Crippen molar-refractivity contribution in [2.24, 2.45) is 10.9 Å². The maximum absolute atomic E-state index is 12.3. The first kappa shape index (κ1) is 24.7. The Balaban J connectivity index is 1.54. The molecule has 0 aromatic heterocycles. The number of amides is 1. The van der Waals surface area contributed by atoms with E-state index in [1.54, 1.807) is 7.05 Å². The Bertz CT molecular complexity index is 530. The van der Waals surface area contributed by atoms with Crippen LogP contribution in [0, 0.1) is 5.92 Å².